The number of rotatable bonds is 7. The third-order valence-electron chi connectivity index (χ3n) is 4.88. The molecule has 0 saturated carbocycles. The Morgan fingerprint density at radius 2 is 1.68 bits per heavy atom. The molecule has 0 aliphatic rings. The van der Waals surface area contributed by atoms with Gasteiger partial charge >= 0.3 is 0 Å². The Hall–Kier alpha value is -2.48. The molecule has 0 amide bonds. The zero-order valence-electron chi connectivity index (χ0n) is 14.8. The van der Waals surface area contributed by atoms with E-state index in [4.69, 9.17) is 0 Å². The van der Waals surface area contributed by atoms with Crippen molar-refractivity contribution in [2.24, 2.45) is 0 Å². The molecule has 0 saturated heterocycles. The maximum atomic E-state index is 12.8. The van der Waals surface area contributed by atoms with Crippen molar-refractivity contribution in [2.75, 3.05) is 6.54 Å². The molecular weight excluding hydrogens is 309 g/mol. The summed E-state index contributed by atoms with van der Waals surface area (Å²) >= 11 is 0. The first-order valence-electron chi connectivity index (χ1n) is 8.87. The van der Waals surface area contributed by atoms with Gasteiger partial charge in [-0.1, -0.05) is 66.7 Å². The lowest BCUT2D eigenvalue weighted by atomic mass is 9.99. The second-order valence-corrected chi connectivity index (χ2v) is 6.61. The van der Waals surface area contributed by atoms with Crippen LogP contribution in [0.1, 0.15) is 36.1 Å². The topological polar surface area (TPSA) is 3.01 Å². The highest BCUT2D eigenvalue weighted by Gasteiger charge is 2.17. The van der Waals surface area contributed by atoms with E-state index in [-0.39, 0.29) is 6.04 Å². The molecule has 0 heterocycles. The summed E-state index contributed by atoms with van der Waals surface area (Å²) in [5.41, 5.74) is 3.27. The van der Waals surface area contributed by atoms with Crippen molar-refractivity contribution in [3.63, 3.8) is 0 Å². The molecule has 0 fully saturated rings. The Morgan fingerprint density at radius 1 is 0.960 bits per heavy atom. The Bertz CT molecular complexity index is 863. The first-order valence-corrected chi connectivity index (χ1v) is 8.87. The van der Waals surface area contributed by atoms with E-state index in [0.717, 1.165) is 24.9 Å². The number of fused-ring (bicyclic) bond motifs is 1. The summed E-state index contributed by atoms with van der Waals surface area (Å²) in [6, 6.07) is 23.0. The van der Waals surface area contributed by atoms with E-state index in [0.29, 0.717) is 0 Å². The van der Waals surface area contributed by atoms with Gasteiger partial charge in [-0.15, -0.1) is 0 Å². The van der Waals surface area contributed by atoms with Gasteiger partial charge in [-0.25, -0.2) is 8.97 Å². The number of alkyl halides is 1. The standard InChI is InChI=1S/C23H25FN/c1-18(22-14-6-12-21-11-3-4-13-23(21)22)25(2)15-7-10-19-8-5-9-20(16-19)17-24/h3-6,8-9,11-14,16,18H,2,7,10,15,17H2,1H3/q+1. The number of hydrogen-bond acceptors (Lipinski definition) is 0. The maximum Gasteiger partial charge on any atom is 0.175 e. The second-order valence-electron chi connectivity index (χ2n) is 6.61. The summed E-state index contributed by atoms with van der Waals surface area (Å²) in [6.07, 6.45) is 1.95. The summed E-state index contributed by atoms with van der Waals surface area (Å²) in [5, 5.41) is 2.56. The lowest BCUT2D eigenvalue weighted by Crippen LogP contribution is -2.17. The fourth-order valence-corrected chi connectivity index (χ4v) is 3.36. The largest absolute Gasteiger partial charge is 0.246 e. The van der Waals surface area contributed by atoms with Crippen molar-refractivity contribution in [3.8, 4) is 0 Å². The van der Waals surface area contributed by atoms with Crippen LogP contribution in [-0.4, -0.2) is 17.8 Å². The van der Waals surface area contributed by atoms with Crippen LogP contribution in [-0.2, 0) is 13.1 Å². The van der Waals surface area contributed by atoms with Crippen molar-refractivity contribution in [2.45, 2.75) is 32.5 Å². The molecule has 3 aromatic carbocycles. The third kappa shape index (κ3) is 4.14. The number of hydrogen-bond donors (Lipinski definition) is 0. The van der Waals surface area contributed by atoms with Crippen LogP contribution in [0, 0.1) is 0 Å². The molecule has 3 rings (SSSR count). The van der Waals surface area contributed by atoms with Crippen molar-refractivity contribution in [1.29, 1.82) is 0 Å². The minimum absolute atomic E-state index is 0.253. The van der Waals surface area contributed by atoms with Gasteiger partial charge in [0.15, 0.2) is 6.04 Å². The lowest BCUT2D eigenvalue weighted by molar-refractivity contribution is -0.561. The van der Waals surface area contributed by atoms with E-state index in [2.05, 4.69) is 66.7 Å². The van der Waals surface area contributed by atoms with Crippen LogP contribution in [0.25, 0.3) is 10.8 Å². The van der Waals surface area contributed by atoms with Crippen molar-refractivity contribution >= 4 is 17.5 Å². The molecule has 1 unspecified atom stereocenters. The highest BCUT2D eigenvalue weighted by molar-refractivity contribution is 5.85. The van der Waals surface area contributed by atoms with Crippen molar-refractivity contribution in [3.05, 3.63) is 83.4 Å². The quantitative estimate of drug-likeness (QED) is 0.384. The molecule has 3 aromatic rings. The molecule has 0 aromatic heterocycles. The van der Waals surface area contributed by atoms with Crippen molar-refractivity contribution < 1.29 is 8.97 Å². The highest BCUT2D eigenvalue weighted by Crippen LogP contribution is 2.26. The molecule has 0 aliphatic heterocycles. The number of halogens is 1. The van der Waals surface area contributed by atoms with Crippen LogP contribution in [0.15, 0.2) is 66.7 Å². The molecule has 0 N–H and O–H groups in total. The minimum Gasteiger partial charge on any atom is -0.246 e. The molecule has 0 bridgehead atoms. The number of nitrogens with zero attached hydrogens (tertiary/aromatic N) is 1. The summed E-state index contributed by atoms with van der Waals surface area (Å²) in [6.45, 7) is 6.98. The Morgan fingerprint density at radius 3 is 2.52 bits per heavy atom. The zero-order chi connectivity index (χ0) is 17.6. The first-order chi connectivity index (χ1) is 12.2. The number of benzene rings is 3. The van der Waals surface area contributed by atoms with Crippen LogP contribution in [0.5, 0.6) is 0 Å². The van der Waals surface area contributed by atoms with Crippen LogP contribution in [0.2, 0.25) is 0 Å². The fraction of sp³-hybridized carbons (Fsp3) is 0.261. The van der Waals surface area contributed by atoms with Gasteiger partial charge in [0.05, 0.1) is 0 Å². The average Bonchev–Trinajstić information content (AvgIpc) is 2.67. The van der Waals surface area contributed by atoms with E-state index in [1.165, 1.54) is 21.9 Å². The second kappa shape index (κ2) is 8.06. The van der Waals surface area contributed by atoms with Gasteiger partial charge < -0.3 is 0 Å². The summed E-state index contributed by atoms with van der Waals surface area (Å²) in [7, 11) is 0. The Balaban J connectivity index is 1.64. The van der Waals surface area contributed by atoms with Gasteiger partial charge in [0.1, 0.15) is 19.9 Å². The molecule has 2 heteroatoms. The molecule has 0 aliphatic carbocycles. The number of aryl methyl sites for hydroxylation is 1. The lowest BCUT2D eigenvalue weighted by Gasteiger charge is -2.13. The van der Waals surface area contributed by atoms with Gasteiger partial charge in [-0.05, 0) is 28.3 Å². The molecule has 0 radical (unpaired) electrons. The molecule has 1 nitrogen and oxygen atoms in total. The average molecular weight is 334 g/mol. The monoisotopic (exact) mass is 334 g/mol. The molecule has 128 valence electrons. The van der Waals surface area contributed by atoms with E-state index >= 15 is 0 Å². The molecule has 25 heavy (non-hydrogen) atoms. The van der Waals surface area contributed by atoms with E-state index < -0.39 is 6.67 Å². The summed E-state index contributed by atoms with van der Waals surface area (Å²) in [4.78, 5) is 0. The Labute approximate surface area is 149 Å². The molecule has 0 spiro atoms. The normalized spacial score (nSPS) is 12.2. The molecular formula is C23H25FN+. The van der Waals surface area contributed by atoms with Crippen LogP contribution in [0.3, 0.4) is 0 Å². The van der Waals surface area contributed by atoms with E-state index in [1.807, 2.05) is 18.2 Å². The summed E-state index contributed by atoms with van der Waals surface area (Å²) < 4.78 is 14.9. The highest BCUT2D eigenvalue weighted by atomic mass is 19.1. The van der Waals surface area contributed by atoms with Crippen LogP contribution in [0.4, 0.5) is 4.39 Å². The molecule has 1 atom stereocenters. The van der Waals surface area contributed by atoms with Gasteiger partial charge in [0.25, 0.3) is 0 Å². The first kappa shape index (κ1) is 17.3. The van der Waals surface area contributed by atoms with Gasteiger partial charge in [0, 0.05) is 18.9 Å². The van der Waals surface area contributed by atoms with Crippen LogP contribution >= 0.6 is 0 Å². The fourth-order valence-electron chi connectivity index (χ4n) is 3.36. The van der Waals surface area contributed by atoms with Gasteiger partial charge in [-0.2, -0.15) is 0 Å². The van der Waals surface area contributed by atoms with E-state index in [1.54, 1.807) is 0 Å². The van der Waals surface area contributed by atoms with Crippen molar-refractivity contribution in [1.82, 2.24) is 0 Å². The Kier molecular flexibility index (Phi) is 5.60. The van der Waals surface area contributed by atoms with Gasteiger partial charge in [-0.3, -0.25) is 0 Å². The maximum absolute atomic E-state index is 12.8. The predicted octanol–water partition coefficient (Wildman–Crippen LogP) is 5.72. The van der Waals surface area contributed by atoms with E-state index in [9.17, 15) is 4.39 Å². The predicted molar refractivity (Wildman–Crippen MR) is 104 cm³/mol. The van der Waals surface area contributed by atoms with Gasteiger partial charge in [0.2, 0.25) is 0 Å². The summed E-state index contributed by atoms with van der Waals surface area (Å²) in [5.74, 6) is 0. The SMILES string of the molecule is C=[N+](CCCc1cccc(CF)c1)C(C)c1cccc2ccccc12. The zero-order valence-corrected chi connectivity index (χ0v) is 14.8. The minimum atomic E-state index is -0.395. The smallest absolute Gasteiger partial charge is 0.175 e. The van der Waals surface area contributed by atoms with Crippen LogP contribution < -0.4 is 0 Å². The third-order valence-corrected chi connectivity index (χ3v) is 4.88.